The van der Waals surface area contributed by atoms with Gasteiger partial charge in [-0.05, 0) is 6.42 Å². The van der Waals surface area contributed by atoms with Gasteiger partial charge in [-0.2, -0.15) is 0 Å². The summed E-state index contributed by atoms with van der Waals surface area (Å²) in [6.45, 7) is 3.11. The lowest BCUT2D eigenvalue weighted by atomic mass is 9.89. The van der Waals surface area contributed by atoms with Crippen molar-refractivity contribution < 1.29 is 54.6 Å². The minimum Gasteiger partial charge on any atom is -0.390 e. The molecule has 0 saturated carbocycles. The van der Waals surface area contributed by atoms with Crippen LogP contribution < -0.4 is 0 Å². The Morgan fingerprint density at radius 1 is 0.885 bits per heavy atom. The third-order valence-electron chi connectivity index (χ3n) is 4.90. The van der Waals surface area contributed by atoms with Crippen molar-refractivity contribution in [1.29, 1.82) is 0 Å². The van der Waals surface area contributed by atoms with Crippen LogP contribution in [-0.2, 0) is 28.9 Å². The quantitative estimate of drug-likeness (QED) is 0.254. The highest BCUT2D eigenvalue weighted by Crippen LogP contribution is 2.32. The van der Waals surface area contributed by atoms with Crippen LogP contribution in [0.4, 0.5) is 0 Å². The zero-order chi connectivity index (χ0) is 19.4. The standard InChI is InChI=1S/C15H28O11/c1-4-7-9(16)6(2)10(17)15(23-7)25-13-8(5-22-26-20)24-14(21-3)12(19)11(13)18/h6-20H,4-5H2,1-3H3/t6-,7?,8?,9+,10?,11+,12?,13-,14+,15-/m0/s1. The van der Waals surface area contributed by atoms with Crippen LogP contribution in [0.2, 0.25) is 0 Å². The van der Waals surface area contributed by atoms with Crippen molar-refractivity contribution in [3.8, 4) is 0 Å². The largest absolute Gasteiger partial charge is 0.390 e. The summed E-state index contributed by atoms with van der Waals surface area (Å²) in [6, 6.07) is 0. The molecule has 10 atom stereocenters. The van der Waals surface area contributed by atoms with E-state index in [0.717, 1.165) is 0 Å². The van der Waals surface area contributed by atoms with Gasteiger partial charge >= 0.3 is 0 Å². The first-order chi connectivity index (χ1) is 12.3. The topological polar surface area (TPSA) is 157 Å². The highest BCUT2D eigenvalue weighted by Gasteiger charge is 2.50. The van der Waals surface area contributed by atoms with E-state index in [1.165, 1.54) is 7.11 Å². The third-order valence-corrected chi connectivity index (χ3v) is 4.90. The predicted molar refractivity (Wildman–Crippen MR) is 82.4 cm³/mol. The molecule has 0 spiro atoms. The van der Waals surface area contributed by atoms with Crippen LogP contribution in [0.15, 0.2) is 0 Å². The van der Waals surface area contributed by atoms with E-state index in [0.29, 0.717) is 6.42 Å². The van der Waals surface area contributed by atoms with E-state index in [4.69, 9.17) is 24.2 Å². The molecule has 0 radical (unpaired) electrons. The molecule has 0 aliphatic carbocycles. The smallest absolute Gasteiger partial charge is 0.186 e. The van der Waals surface area contributed by atoms with Crippen molar-refractivity contribution in [2.75, 3.05) is 13.7 Å². The average molecular weight is 384 g/mol. The lowest BCUT2D eigenvalue weighted by molar-refractivity contribution is -0.499. The molecule has 0 bridgehead atoms. The number of methoxy groups -OCH3 is 1. The zero-order valence-electron chi connectivity index (χ0n) is 14.9. The Labute approximate surface area is 150 Å². The van der Waals surface area contributed by atoms with Gasteiger partial charge in [0.05, 0.1) is 12.2 Å². The van der Waals surface area contributed by atoms with Gasteiger partial charge in [0, 0.05) is 13.0 Å². The molecule has 0 aromatic rings. The summed E-state index contributed by atoms with van der Waals surface area (Å²) in [6.07, 6.45) is -9.53. The first kappa shape index (κ1) is 21.9. The van der Waals surface area contributed by atoms with Crippen molar-refractivity contribution in [2.24, 2.45) is 5.92 Å². The van der Waals surface area contributed by atoms with E-state index < -0.39 is 61.2 Å². The molecule has 2 aliphatic heterocycles. The van der Waals surface area contributed by atoms with Crippen LogP contribution >= 0.6 is 0 Å². The summed E-state index contributed by atoms with van der Waals surface area (Å²) in [7, 11) is 1.28. The molecule has 0 aromatic heterocycles. The van der Waals surface area contributed by atoms with Crippen LogP contribution in [0.3, 0.4) is 0 Å². The molecular formula is C15H28O11. The Morgan fingerprint density at radius 3 is 2.12 bits per heavy atom. The second-order valence-electron chi connectivity index (χ2n) is 6.51. The van der Waals surface area contributed by atoms with Crippen LogP contribution in [-0.4, -0.2) is 94.7 Å². The van der Waals surface area contributed by atoms with Gasteiger partial charge in [0.2, 0.25) is 0 Å². The minimum absolute atomic E-state index is 0.358. The van der Waals surface area contributed by atoms with Crippen LogP contribution in [0.25, 0.3) is 0 Å². The molecular weight excluding hydrogens is 356 g/mol. The molecule has 2 fully saturated rings. The van der Waals surface area contributed by atoms with Gasteiger partial charge in [-0.25, -0.2) is 10.1 Å². The lowest BCUT2D eigenvalue weighted by Gasteiger charge is -2.46. The van der Waals surface area contributed by atoms with Gasteiger partial charge < -0.3 is 39.4 Å². The highest BCUT2D eigenvalue weighted by atomic mass is 17.5. The molecule has 0 amide bonds. The summed E-state index contributed by atoms with van der Waals surface area (Å²) in [5, 5.41) is 52.9. The molecule has 26 heavy (non-hydrogen) atoms. The van der Waals surface area contributed by atoms with Gasteiger partial charge in [-0.3, -0.25) is 0 Å². The van der Waals surface area contributed by atoms with E-state index in [9.17, 15) is 20.4 Å². The van der Waals surface area contributed by atoms with Crippen LogP contribution in [0, 0.1) is 5.92 Å². The predicted octanol–water partition coefficient (Wildman–Crippen LogP) is -1.62. The van der Waals surface area contributed by atoms with Gasteiger partial charge in [0.15, 0.2) is 12.6 Å². The fourth-order valence-corrected chi connectivity index (χ4v) is 3.23. The maximum atomic E-state index is 10.4. The Hall–Kier alpha value is -0.440. The number of aliphatic hydroxyl groups is 4. The molecule has 2 aliphatic rings. The van der Waals surface area contributed by atoms with Crippen LogP contribution in [0.1, 0.15) is 20.3 Å². The number of ether oxygens (including phenoxy) is 4. The highest BCUT2D eigenvalue weighted by molar-refractivity contribution is 4.93. The molecule has 2 rings (SSSR count). The van der Waals surface area contributed by atoms with Crippen molar-refractivity contribution in [2.45, 2.75) is 75.6 Å². The fraction of sp³-hybridized carbons (Fsp3) is 1.00. The summed E-state index contributed by atoms with van der Waals surface area (Å²) >= 11 is 0. The normalized spacial score (nSPS) is 47.1. The van der Waals surface area contributed by atoms with Crippen molar-refractivity contribution in [3.63, 3.8) is 0 Å². The summed E-state index contributed by atoms with van der Waals surface area (Å²) < 4.78 is 21.7. The maximum Gasteiger partial charge on any atom is 0.186 e. The van der Waals surface area contributed by atoms with E-state index in [1.54, 1.807) is 6.92 Å². The summed E-state index contributed by atoms with van der Waals surface area (Å²) in [4.78, 5) is 4.44. The first-order valence-corrected chi connectivity index (χ1v) is 8.50. The van der Waals surface area contributed by atoms with Gasteiger partial charge in [0.25, 0.3) is 0 Å². The maximum absolute atomic E-state index is 10.4. The number of aliphatic hydroxyl groups excluding tert-OH is 4. The number of hydrogen-bond acceptors (Lipinski definition) is 11. The SMILES string of the molecule is CCC1O[C@@H](O[C@H]2C(COOO)O[C@@H](OC)C(O)[C@H]2O)C(O)[C@@H](C)[C@H]1O. The molecule has 154 valence electrons. The second kappa shape index (κ2) is 9.66. The molecule has 0 aromatic carbocycles. The Bertz CT molecular complexity index is 422. The van der Waals surface area contributed by atoms with Gasteiger partial charge in [-0.1, -0.05) is 18.9 Å². The number of rotatable bonds is 7. The fourth-order valence-electron chi connectivity index (χ4n) is 3.23. The average Bonchev–Trinajstić information content (AvgIpc) is 2.64. The molecule has 4 unspecified atom stereocenters. The molecule has 5 N–H and O–H groups in total. The summed E-state index contributed by atoms with van der Waals surface area (Å²) in [5.41, 5.74) is 0. The first-order valence-electron chi connectivity index (χ1n) is 8.50. The van der Waals surface area contributed by atoms with Gasteiger partial charge in [0.1, 0.15) is 37.1 Å². The second-order valence-corrected chi connectivity index (χ2v) is 6.51. The zero-order valence-corrected chi connectivity index (χ0v) is 14.9. The lowest BCUT2D eigenvalue weighted by Crippen LogP contribution is -2.63. The van der Waals surface area contributed by atoms with Crippen molar-refractivity contribution >= 4 is 0 Å². The minimum atomic E-state index is -1.46. The molecule has 11 heteroatoms. The van der Waals surface area contributed by atoms with Crippen LogP contribution in [0.5, 0.6) is 0 Å². The number of hydrogen-bond donors (Lipinski definition) is 5. The molecule has 2 saturated heterocycles. The van der Waals surface area contributed by atoms with Crippen molar-refractivity contribution in [3.05, 3.63) is 0 Å². The molecule has 2 heterocycles. The third kappa shape index (κ3) is 4.51. The Morgan fingerprint density at radius 2 is 1.54 bits per heavy atom. The summed E-state index contributed by atoms with van der Waals surface area (Å²) in [5.74, 6) is -0.535. The van der Waals surface area contributed by atoms with E-state index in [-0.39, 0.29) is 6.61 Å². The van der Waals surface area contributed by atoms with Gasteiger partial charge in [-0.15, -0.1) is 0 Å². The molecule has 11 nitrogen and oxygen atoms in total. The van der Waals surface area contributed by atoms with E-state index in [2.05, 4.69) is 9.93 Å². The van der Waals surface area contributed by atoms with Crippen molar-refractivity contribution in [1.82, 2.24) is 0 Å². The monoisotopic (exact) mass is 384 g/mol. The van der Waals surface area contributed by atoms with E-state index in [1.807, 2.05) is 6.92 Å². The Balaban J connectivity index is 2.14. The Kier molecular flexibility index (Phi) is 8.12. The van der Waals surface area contributed by atoms with E-state index >= 15 is 0 Å².